The number of nitrogens with zero attached hydrogens (tertiary/aromatic N) is 2. The molecule has 0 atom stereocenters. The summed E-state index contributed by atoms with van der Waals surface area (Å²) >= 11 is 3.60. The summed E-state index contributed by atoms with van der Waals surface area (Å²) in [5.74, 6) is 1.10. The molecule has 1 aliphatic rings. The second-order valence-electron chi connectivity index (χ2n) is 5.15. The molecule has 0 radical (unpaired) electrons. The lowest BCUT2D eigenvalue weighted by Crippen LogP contribution is -2.43. The molecule has 0 saturated carbocycles. The van der Waals surface area contributed by atoms with Crippen LogP contribution >= 0.6 is 28.3 Å². The number of piperazine rings is 1. The monoisotopic (exact) mass is 355 g/mol. The number of rotatable bonds is 1. The number of aromatic nitrogens is 1. The normalized spacial score (nSPS) is 15.2. The van der Waals surface area contributed by atoms with Crippen LogP contribution in [0.25, 0.3) is 10.9 Å². The molecule has 1 aromatic heterocycles. The Bertz CT molecular complexity index is 624. The maximum atomic E-state index is 4.83. The molecule has 3 rings (SSSR count). The third-order valence-electron chi connectivity index (χ3n) is 3.72. The first-order valence-electron chi connectivity index (χ1n) is 6.68. The summed E-state index contributed by atoms with van der Waals surface area (Å²) in [6, 6.07) is 6.55. The van der Waals surface area contributed by atoms with Crippen LogP contribution in [-0.4, -0.2) is 31.2 Å². The van der Waals surface area contributed by atoms with Gasteiger partial charge in [-0.05, 0) is 43.2 Å². The highest BCUT2D eigenvalue weighted by Gasteiger charge is 2.13. The van der Waals surface area contributed by atoms with E-state index in [-0.39, 0.29) is 12.4 Å². The van der Waals surface area contributed by atoms with E-state index in [0.29, 0.717) is 0 Å². The molecular formula is C15H19BrClN3. The number of benzene rings is 1. The Morgan fingerprint density at radius 2 is 1.80 bits per heavy atom. The lowest BCUT2D eigenvalue weighted by atomic mass is 10.1. The predicted octanol–water partition coefficient (Wildman–Crippen LogP) is 3.45. The fourth-order valence-corrected chi connectivity index (χ4v) is 2.89. The number of hydrogen-bond donors (Lipinski definition) is 1. The number of pyridine rings is 1. The van der Waals surface area contributed by atoms with E-state index in [2.05, 4.69) is 58.2 Å². The van der Waals surface area contributed by atoms with Crippen LogP contribution < -0.4 is 10.2 Å². The minimum atomic E-state index is 0. The summed E-state index contributed by atoms with van der Waals surface area (Å²) in [5.41, 5.74) is 3.63. The molecule has 0 amide bonds. The first kappa shape index (κ1) is 15.5. The lowest BCUT2D eigenvalue weighted by Gasteiger charge is -2.29. The van der Waals surface area contributed by atoms with E-state index in [4.69, 9.17) is 4.98 Å². The highest BCUT2D eigenvalue weighted by atomic mass is 79.9. The van der Waals surface area contributed by atoms with Gasteiger partial charge in [0.1, 0.15) is 5.82 Å². The smallest absolute Gasteiger partial charge is 0.129 e. The quantitative estimate of drug-likeness (QED) is 0.848. The summed E-state index contributed by atoms with van der Waals surface area (Å²) in [4.78, 5) is 7.19. The minimum Gasteiger partial charge on any atom is -0.354 e. The third-order valence-corrected chi connectivity index (χ3v) is 4.58. The number of anilines is 1. The van der Waals surface area contributed by atoms with Crippen LogP contribution in [0, 0.1) is 13.8 Å². The Morgan fingerprint density at radius 1 is 1.10 bits per heavy atom. The van der Waals surface area contributed by atoms with Gasteiger partial charge in [-0.1, -0.05) is 15.9 Å². The van der Waals surface area contributed by atoms with Gasteiger partial charge in [-0.2, -0.15) is 0 Å². The van der Waals surface area contributed by atoms with E-state index < -0.39 is 0 Å². The molecule has 108 valence electrons. The van der Waals surface area contributed by atoms with E-state index in [9.17, 15) is 0 Å². The van der Waals surface area contributed by atoms with Crippen LogP contribution in [-0.2, 0) is 0 Å². The first-order valence-corrected chi connectivity index (χ1v) is 7.47. The molecule has 2 heterocycles. The summed E-state index contributed by atoms with van der Waals surface area (Å²) in [6.45, 7) is 8.43. The molecule has 0 aliphatic carbocycles. The van der Waals surface area contributed by atoms with Crippen molar-refractivity contribution < 1.29 is 0 Å². The molecule has 3 nitrogen and oxygen atoms in total. The zero-order chi connectivity index (χ0) is 13.4. The topological polar surface area (TPSA) is 28.2 Å². The Labute approximate surface area is 134 Å². The van der Waals surface area contributed by atoms with Crippen molar-refractivity contribution in [2.75, 3.05) is 31.1 Å². The molecule has 0 unspecified atom stereocenters. The predicted molar refractivity (Wildman–Crippen MR) is 91.2 cm³/mol. The SMILES string of the molecule is Cc1cc2c(C)cc(N3CCNCC3)nc2cc1Br.Cl. The van der Waals surface area contributed by atoms with Crippen molar-refractivity contribution >= 4 is 45.1 Å². The largest absolute Gasteiger partial charge is 0.354 e. The Kier molecular flexibility index (Phi) is 4.89. The summed E-state index contributed by atoms with van der Waals surface area (Å²) in [5, 5.41) is 4.63. The fourth-order valence-electron chi connectivity index (χ4n) is 2.56. The second kappa shape index (κ2) is 6.29. The zero-order valence-electron chi connectivity index (χ0n) is 11.7. The second-order valence-corrected chi connectivity index (χ2v) is 6.01. The molecular weight excluding hydrogens is 338 g/mol. The van der Waals surface area contributed by atoms with Gasteiger partial charge >= 0.3 is 0 Å². The van der Waals surface area contributed by atoms with E-state index in [0.717, 1.165) is 42.0 Å². The Morgan fingerprint density at radius 3 is 2.50 bits per heavy atom. The minimum absolute atomic E-state index is 0. The van der Waals surface area contributed by atoms with Gasteiger partial charge in [0.05, 0.1) is 5.52 Å². The van der Waals surface area contributed by atoms with Crippen molar-refractivity contribution in [3.63, 3.8) is 0 Å². The van der Waals surface area contributed by atoms with Crippen molar-refractivity contribution in [1.29, 1.82) is 0 Å². The third kappa shape index (κ3) is 2.92. The van der Waals surface area contributed by atoms with Crippen molar-refractivity contribution in [2.24, 2.45) is 0 Å². The fraction of sp³-hybridized carbons (Fsp3) is 0.400. The standard InChI is InChI=1S/C15H18BrN3.ClH/c1-10-8-15(19-5-3-17-4-6-19)18-14-9-13(16)11(2)7-12(10)14;/h7-9,17H,3-6H2,1-2H3;1H. The van der Waals surface area contributed by atoms with Gasteiger partial charge in [-0.15, -0.1) is 12.4 Å². The molecule has 5 heteroatoms. The van der Waals surface area contributed by atoms with Gasteiger partial charge in [-0.3, -0.25) is 0 Å². The Hall–Kier alpha value is -0.840. The van der Waals surface area contributed by atoms with E-state index in [1.807, 2.05) is 0 Å². The number of fused-ring (bicyclic) bond motifs is 1. The molecule has 1 fully saturated rings. The van der Waals surface area contributed by atoms with E-state index >= 15 is 0 Å². The molecule has 0 spiro atoms. The average Bonchev–Trinajstić information content (AvgIpc) is 2.42. The van der Waals surface area contributed by atoms with Gasteiger partial charge in [-0.25, -0.2) is 4.98 Å². The summed E-state index contributed by atoms with van der Waals surface area (Å²) in [6.07, 6.45) is 0. The van der Waals surface area contributed by atoms with Gasteiger partial charge in [0.25, 0.3) is 0 Å². The average molecular weight is 357 g/mol. The lowest BCUT2D eigenvalue weighted by molar-refractivity contribution is 0.585. The van der Waals surface area contributed by atoms with Gasteiger partial charge in [0, 0.05) is 36.0 Å². The van der Waals surface area contributed by atoms with Crippen molar-refractivity contribution in [3.8, 4) is 0 Å². The highest BCUT2D eigenvalue weighted by Crippen LogP contribution is 2.27. The maximum Gasteiger partial charge on any atom is 0.129 e. The number of halogens is 2. The van der Waals surface area contributed by atoms with E-state index in [1.165, 1.54) is 16.5 Å². The molecule has 1 N–H and O–H groups in total. The van der Waals surface area contributed by atoms with Crippen LogP contribution in [0.15, 0.2) is 22.7 Å². The first-order chi connectivity index (χ1) is 9.15. The molecule has 1 aromatic carbocycles. The van der Waals surface area contributed by atoms with Gasteiger partial charge < -0.3 is 10.2 Å². The number of aryl methyl sites for hydroxylation is 2. The maximum absolute atomic E-state index is 4.83. The van der Waals surface area contributed by atoms with Gasteiger partial charge in [0.15, 0.2) is 0 Å². The van der Waals surface area contributed by atoms with Gasteiger partial charge in [0.2, 0.25) is 0 Å². The molecule has 1 saturated heterocycles. The van der Waals surface area contributed by atoms with Crippen molar-refractivity contribution in [3.05, 3.63) is 33.8 Å². The summed E-state index contributed by atoms with van der Waals surface area (Å²) in [7, 11) is 0. The van der Waals surface area contributed by atoms with E-state index in [1.54, 1.807) is 0 Å². The van der Waals surface area contributed by atoms with Crippen LogP contribution in [0.2, 0.25) is 0 Å². The number of hydrogen-bond acceptors (Lipinski definition) is 3. The van der Waals surface area contributed by atoms with Crippen molar-refractivity contribution in [1.82, 2.24) is 10.3 Å². The van der Waals surface area contributed by atoms with Crippen LogP contribution in [0.3, 0.4) is 0 Å². The molecule has 20 heavy (non-hydrogen) atoms. The van der Waals surface area contributed by atoms with Crippen LogP contribution in [0.5, 0.6) is 0 Å². The molecule has 0 bridgehead atoms. The molecule has 1 aliphatic heterocycles. The van der Waals surface area contributed by atoms with Crippen molar-refractivity contribution in [2.45, 2.75) is 13.8 Å². The van der Waals surface area contributed by atoms with Crippen LogP contribution in [0.1, 0.15) is 11.1 Å². The molecule has 2 aromatic rings. The number of nitrogens with one attached hydrogen (secondary N) is 1. The highest BCUT2D eigenvalue weighted by molar-refractivity contribution is 9.10. The summed E-state index contributed by atoms with van der Waals surface area (Å²) < 4.78 is 1.13. The van der Waals surface area contributed by atoms with Crippen LogP contribution in [0.4, 0.5) is 5.82 Å². The zero-order valence-corrected chi connectivity index (χ0v) is 14.1. The Balaban J connectivity index is 0.00000147.